The summed E-state index contributed by atoms with van der Waals surface area (Å²) in [5.74, 6) is -0.109. The maximum atomic E-state index is 12.2. The summed E-state index contributed by atoms with van der Waals surface area (Å²) in [6.07, 6.45) is 0. The number of aryl methyl sites for hydroxylation is 2. The summed E-state index contributed by atoms with van der Waals surface area (Å²) in [6.45, 7) is 4.69. The second-order valence-corrected chi connectivity index (χ2v) is 4.74. The number of hydrogen-bond donors (Lipinski definition) is 2. The molecular weight excluding hydrogens is 250 g/mol. The molecule has 4 nitrogen and oxygen atoms in total. The molecule has 3 N–H and O–H groups in total. The van der Waals surface area contributed by atoms with Crippen molar-refractivity contribution in [2.75, 3.05) is 0 Å². The molecule has 2 aromatic rings. The van der Waals surface area contributed by atoms with E-state index >= 15 is 0 Å². The van der Waals surface area contributed by atoms with Gasteiger partial charge in [0.05, 0.1) is 11.3 Å². The molecule has 0 saturated heterocycles. The highest BCUT2D eigenvalue weighted by Crippen LogP contribution is 2.09. The van der Waals surface area contributed by atoms with Crippen molar-refractivity contribution in [2.24, 2.45) is 5.73 Å². The van der Waals surface area contributed by atoms with Gasteiger partial charge in [-0.1, -0.05) is 24.3 Å². The Labute approximate surface area is 119 Å². The lowest BCUT2D eigenvalue weighted by molar-refractivity contribution is 0.0950. The molecule has 1 aromatic heterocycles. The summed E-state index contributed by atoms with van der Waals surface area (Å²) in [4.78, 5) is 16.5. The lowest BCUT2D eigenvalue weighted by Gasteiger charge is -2.10. The van der Waals surface area contributed by atoms with Gasteiger partial charge in [-0.05, 0) is 37.1 Å². The Bertz CT molecular complexity index is 623. The fraction of sp³-hybridized carbons (Fsp3) is 0.250. The molecular formula is C16H19N3O. The van der Waals surface area contributed by atoms with Gasteiger partial charge in [0.2, 0.25) is 0 Å². The molecule has 0 aliphatic carbocycles. The summed E-state index contributed by atoms with van der Waals surface area (Å²) in [6, 6.07) is 11.5. The fourth-order valence-electron chi connectivity index (χ4n) is 2.13. The number of carbonyl (C=O) groups excluding carboxylic acids is 1. The van der Waals surface area contributed by atoms with Gasteiger partial charge in [0, 0.05) is 18.8 Å². The minimum Gasteiger partial charge on any atom is -0.348 e. The first-order valence-electron chi connectivity index (χ1n) is 6.61. The van der Waals surface area contributed by atoms with Crippen LogP contribution in [0.5, 0.6) is 0 Å². The molecule has 1 amide bonds. The van der Waals surface area contributed by atoms with Crippen LogP contribution in [0.15, 0.2) is 36.4 Å². The zero-order valence-electron chi connectivity index (χ0n) is 11.8. The Morgan fingerprint density at radius 1 is 1.15 bits per heavy atom. The van der Waals surface area contributed by atoms with Crippen LogP contribution >= 0.6 is 0 Å². The van der Waals surface area contributed by atoms with Crippen molar-refractivity contribution in [3.8, 4) is 0 Å². The molecule has 0 fully saturated rings. The number of rotatable bonds is 4. The largest absolute Gasteiger partial charge is 0.348 e. The molecule has 0 aliphatic rings. The van der Waals surface area contributed by atoms with Gasteiger partial charge >= 0.3 is 0 Å². The average Bonchev–Trinajstić information content (AvgIpc) is 2.45. The molecule has 0 radical (unpaired) electrons. The normalized spacial score (nSPS) is 10.3. The van der Waals surface area contributed by atoms with Crippen LogP contribution in [0.3, 0.4) is 0 Å². The summed E-state index contributed by atoms with van der Waals surface area (Å²) < 4.78 is 0. The third-order valence-electron chi connectivity index (χ3n) is 3.25. The van der Waals surface area contributed by atoms with Gasteiger partial charge in [0.15, 0.2) is 0 Å². The summed E-state index contributed by atoms with van der Waals surface area (Å²) >= 11 is 0. The molecule has 0 unspecified atom stereocenters. The number of carbonyl (C=O) groups is 1. The van der Waals surface area contributed by atoms with Gasteiger partial charge in [-0.15, -0.1) is 0 Å². The Balaban J connectivity index is 2.09. The molecule has 0 bridgehead atoms. The van der Waals surface area contributed by atoms with E-state index in [9.17, 15) is 4.79 Å². The van der Waals surface area contributed by atoms with Crippen LogP contribution in [0.2, 0.25) is 0 Å². The summed E-state index contributed by atoms with van der Waals surface area (Å²) in [7, 11) is 0. The first-order chi connectivity index (χ1) is 9.61. The second-order valence-electron chi connectivity index (χ2n) is 4.74. The number of pyridine rings is 1. The molecule has 4 heteroatoms. The highest BCUT2D eigenvalue weighted by atomic mass is 16.1. The van der Waals surface area contributed by atoms with Crippen molar-refractivity contribution in [2.45, 2.75) is 26.9 Å². The van der Waals surface area contributed by atoms with E-state index in [2.05, 4.69) is 10.3 Å². The third-order valence-corrected chi connectivity index (χ3v) is 3.25. The van der Waals surface area contributed by atoms with Gasteiger partial charge in [0.1, 0.15) is 0 Å². The Hall–Kier alpha value is -2.20. The van der Waals surface area contributed by atoms with Crippen LogP contribution in [0, 0.1) is 13.8 Å². The maximum Gasteiger partial charge on any atom is 0.253 e. The smallest absolute Gasteiger partial charge is 0.253 e. The fourth-order valence-corrected chi connectivity index (χ4v) is 2.13. The van der Waals surface area contributed by atoms with E-state index < -0.39 is 0 Å². The number of aromatic nitrogens is 1. The van der Waals surface area contributed by atoms with Crippen molar-refractivity contribution in [1.82, 2.24) is 10.3 Å². The molecule has 20 heavy (non-hydrogen) atoms. The standard InChI is InChI=1S/C16H19N3O/c1-11-7-8-15(12(2)19-11)16(20)18-10-14-6-4-3-5-13(14)9-17/h3-8H,9-10,17H2,1-2H3,(H,18,20). The number of benzene rings is 1. The van der Waals surface area contributed by atoms with E-state index in [4.69, 9.17) is 5.73 Å². The van der Waals surface area contributed by atoms with Crippen LogP contribution in [-0.2, 0) is 13.1 Å². The molecule has 104 valence electrons. The number of amides is 1. The van der Waals surface area contributed by atoms with Crippen molar-refractivity contribution >= 4 is 5.91 Å². The highest BCUT2D eigenvalue weighted by molar-refractivity contribution is 5.95. The first kappa shape index (κ1) is 14.2. The molecule has 0 saturated carbocycles. The predicted octanol–water partition coefficient (Wildman–Crippen LogP) is 2.09. The van der Waals surface area contributed by atoms with Crippen molar-refractivity contribution in [3.05, 3.63) is 64.5 Å². The monoisotopic (exact) mass is 269 g/mol. The zero-order valence-corrected chi connectivity index (χ0v) is 11.8. The quantitative estimate of drug-likeness (QED) is 0.893. The van der Waals surface area contributed by atoms with Crippen LogP contribution in [0.1, 0.15) is 32.9 Å². The second kappa shape index (κ2) is 6.30. The van der Waals surface area contributed by atoms with Crippen LogP contribution < -0.4 is 11.1 Å². The van der Waals surface area contributed by atoms with Crippen molar-refractivity contribution in [1.29, 1.82) is 0 Å². The lowest BCUT2D eigenvalue weighted by Crippen LogP contribution is -2.24. The maximum absolute atomic E-state index is 12.2. The molecule has 1 aromatic carbocycles. The van der Waals surface area contributed by atoms with Gasteiger partial charge in [0.25, 0.3) is 5.91 Å². The minimum atomic E-state index is -0.109. The van der Waals surface area contributed by atoms with Gasteiger partial charge in [-0.3, -0.25) is 9.78 Å². The van der Waals surface area contributed by atoms with Crippen molar-refractivity contribution < 1.29 is 4.79 Å². The number of nitrogens with zero attached hydrogens (tertiary/aromatic N) is 1. The summed E-state index contributed by atoms with van der Waals surface area (Å²) in [5.41, 5.74) is 10.0. The average molecular weight is 269 g/mol. The van der Waals surface area contributed by atoms with E-state index in [1.54, 1.807) is 0 Å². The Kier molecular flexibility index (Phi) is 4.48. The highest BCUT2D eigenvalue weighted by Gasteiger charge is 2.10. The minimum absolute atomic E-state index is 0.109. The molecule has 0 spiro atoms. The Morgan fingerprint density at radius 3 is 2.50 bits per heavy atom. The van der Waals surface area contributed by atoms with Crippen LogP contribution in [0.4, 0.5) is 0 Å². The Morgan fingerprint density at radius 2 is 1.85 bits per heavy atom. The van der Waals surface area contributed by atoms with Crippen LogP contribution in [0.25, 0.3) is 0 Å². The molecule has 1 heterocycles. The van der Waals surface area contributed by atoms with E-state index in [1.165, 1.54) is 0 Å². The van der Waals surface area contributed by atoms with Crippen molar-refractivity contribution in [3.63, 3.8) is 0 Å². The third kappa shape index (κ3) is 3.22. The van der Waals surface area contributed by atoms with E-state index in [-0.39, 0.29) is 5.91 Å². The predicted molar refractivity (Wildman–Crippen MR) is 79.2 cm³/mol. The lowest BCUT2D eigenvalue weighted by atomic mass is 10.1. The van der Waals surface area contributed by atoms with Gasteiger partial charge < -0.3 is 11.1 Å². The van der Waals surface area contributed by atoms with Gasteiger partial charge in [-0.2, -0.15) is 0 Å². The number of hydrogen-bond acceptors (Lipinski definition) is 3. The SMILES string of the molecule is Cc1ccc(C(=O)NCc2ccccc2CN)c(C)n1. The number of nitrogens with one attached hydrogen (secondary N) is 1. The number of nitrogens with two attached hydrogens (primary N) is 1. The topological polar surface area (TPSA) is 68.0 Å². The summed E-state index contributed by atoms with van der Waals surface area (Å²) in [5, 5.41) is 2.92. The van der Waals surface area contributed by atoms with E-state index in [0.29, 0.717) is 18.7 Å². The molecule has 2 rings (SSSR count). The first-order valence-corrected chi connectivity index (χ1v) is 6.61. The van der Waals surface area contributed by atoms with Gasteiger partial charge in [-0.25, -0.2) is 0 Å². The molecule has 0 atom stereocenters. The van der Waals surface area contributed by atoms with Crippen LogP contribution in [-0.4, -0.2) is 10.9 Å². The zero-order chi connectivity index (χ0) is 14.5. The van der Waals surface area contributed by atoms with E-state index in [1.807, 2.05) is 50.2 Å². The van der Waals surface area contributed by atoms with E-state index in [0.717, 1.165) is 22.5 Å². The molecule has 0 aliphatic heterocycles.